The van der Waals surface area contributed by atoms with Crippen LogP contribution in [0.5, 0.6) is 0 Å². The van der Waals surface area contributed by atoms with Gasteiger partial charge in [-0.05, 0) is 19.9 Å². The highest BCUT2D eigenvalue weighted by molar-refractivity contribution is 7.13. The molecule has 7 heteroatoms. The number of carbonyl (C=O) groups excluding carboxylic acids is 2. The Balaban J connectivity index is 2.02. The zero-order valence-electron chi connectivity index (χ0n) is 12.8. The number of piperazine rings is 1. The molecule has 0 aliphatic carbocycles. The second kappa shape index (κ2) is 6.29. The molecule has 0 bridgehead atoms. The number of halogens is 1. The number of nitrogens with one attached hydrogen (secondary N) is 1. The Morgan fingerprint density at radius 3 is 2.78 bits per heavy atom. The summed E-state index contributed by atoms with van der Waals surface area (Å²) < 4.78 is 0. The number of amides is 2. The topological polar surface area (TPSA) is 62.3 Å². The number of thiazole rings is 1. The van der Waals surface area contributed by atoms with Crippen LogP contribution in [0.15, 0.2) is 24.3 Å². The molecule has 2 aromatic rings. The smallest absolute Gasteiger partial charge is 0.266 e. The summed E-state index contributed by atoms with van der Waals surface area (Å²) in [5.74, 6) is -0.385. The molecule has 1 saturated heterocycles. The van der Waals surface area contributed by atoms with Crippen molar-refractivity contribution in [2.45, 2.75) is 19.9 Å². The number of nitrogens with zero attached hydrogens (tertiary/aromatic N) is 2. The van der Waals surface area contributed by atoms with Crippen molar-refractivity contribution >= 4 is 34.8 Å². The molecule has 23 heavy (non-hydrogen) atoms. The maximum atomic E-state index is 12.9. The number of aromatic nitrogens is 1. The lowest BCUT2D eigenvalue weighted by Gasteiger charge is -2.35. The van der Waals surface area contributed by atoms with Crippen LogP contribution in [0.4, 0.5) is 0 Å². The van der Waals surface area contributed by atoms with E-state index < -0.39 is 6.04 Å². The van der Waals surface area contributed by atoms with E-state index in [0.29, 0.717) is 34.2 Å². The Kier molecular flexibility index (Phi) is 4.37. The van der Waals surface area contributed by atoms with Gasteiger partial charge in [-0.2, -0.15) is 0 Å². The van der Waals surface area contributed by atoms with Gasteiger partial charge in [-0.15, -0.1) is 11.3 Å². The largest absolute Gasteiger partial charge is 0.352 e. The molecule has 2 amide bonds. The Morgan fingerprint density at radius 1 is 1.39 bits per heavy atom. The molecule has 1 N–H and O–H groups in total. The maximum absolute atomic E-state index is 12.9. The normalized spacial score (nSPS) is 18.0. The Hall–Kier alpha value is -1.92. The minimum Gasteiger partial charge on any atom is -0.352 e. The standard InChI is InChI=1S/C16H16ClN3O2S/c1-9-14(23-10(2)19-9)16(22)20-8-7-18-15(21)13(20)11-5-3-4-6-12(11)17/h3-6,13H,7-8H2,1-2H3,(H,18,21). The van der Waals surface area contributed by atoms with Crippen molar-refractivity contribution in [3.63, 3.8) is 0 Å². The van der Waals surface area contributed by atoms with Gasteiger partial charge in [0.15, 0.2) is 0 Å². The van der Waals surface area contributed by atoms with Gasteiger partial charge in [0.05, 0.1) is 10.7 Å². The average Bonchev–Trinajstić information content (AvgIpc) is 2.86. The molecule has 2 heterocycles. The van der Waals surface area contributed by atoms with E-state index in [2.05, 4.69) is 10.3 Å². The highest BCUT2D eigenvalue weighted by atomic mass is 35.5. The monoisotopic (exact) mass is 349 g/mol. The van der Waals surface area contributed by atoms with Crippen LogP contribution in [0.3, 0.4) is 0 Å². The fourth-order valence-corrected chi connectivity index (χ4v) is 3.87. The predicted molar refractivity (Wildman–Crippen MR) is 89.8 cm³/mol. The van der Waals surface area contributed by atoms with Gasteiger partial charge in [-0.1, -0.05) is 29.8 Å². The first-order chi connectivity index (χ1) is 11.0. The van der Waals surface area contributed by atoms with Crippen LogP contribution in [0.25, 0.3) is 0 Å². The summed E-state index contributed by atoms with van der Waals surface area (Å²) in [6, 6.07) is 6.40. The Morgan fingerprint density at radius 2 is 2.13 bits per heavy atom. The average molecular weight is 350 g/mol. The molecule has 1 aromatic heterocycles. The summed E-state index contributed by atoms with van der Waals surface area (Å²) in [5, 5.41) is 4.12. The summed E-state index contributed by atoms with van der Waals surface area (Å²) in [6.07, 6.45) is 0. The van der Waals surface area contributed by atoms with Gasteiger partial charge in [-0.25, -0.2) is 4.98 Å². The van der Waals surface area contributed by atoms with E-state index in [1.165, 1.54) is 11.3 Å². The number of hydrogen-bond donors (Lipinski definition) is 1. The van der Waals surface area contributed by atoms with Gasteiger partial charge in [-0.3, -0.25) is 9.59 Å². The lowest BCUT2D eigenvalue weighted by atomic mass is 10.0. The molecule has 1 fully saturated rings. The van der Waals surface area contributed by atoms with Gasteiger partial charge in [0.1, 0.15) is 10.9 Å². The van der Waals surface area contributed by atoms with Crippen LogP contribution in [0.1, 0.15) is 32.0 Å². The third-order valence-corrected chi connectivity index (χ3v) is 5.18. The van der Waals surface area contributed by atoms with Crippen LogP contribution in [-0.2, 0) is 4.79 Å². The third-order valence-electron chi connectivity index (χ3n) is 3.77. The summed E-state index contributed by atoms with van der Waals surface area (Å²) in [5.41, 5.74) is 1.33. The number of carbonyl (C=O) groups is 2. The fourth-order valence-electron chi connectivity index (χ4n) is 2.75. The molecule has 3 rings (SSSR count). The van der Waals surface area contributed by atoms with Gasteiger partial charge in [0.2, 0.25) is 5.91 Å². The van der Waals surface area contributed by atoms with Gasteiger partial charge < -0.3 is 10.2 Å². The summed E-state index contributed by atoms with van der Waals surface area (Å²) in [6.45, 7) is 4.55. The number of aryl methyl sites for hydroxylation is 2. The molecule has 0 saturated carbocycles. The highest BCUT2D eigenvalue weighted by Gasteiger charge is 2.37. The Labute approximate surface area is 143 Å². The minimum absolute atomic E-state index is 0.173. The van der Waals surface area contributed by atoms with E-state index in [1.807, 2.05) is 19.9 Å². The zero-order chi connectivity index (χ0) is 16.6. The molecule has 1 aliphatic heterocycles. The quantitative estimate of drug-likeness (QED) is 0.906. The van der Waals surface area contributed by atoms with E-state index >= 15 is 0 Å². The third kappa shape index (κ3) is 2.96. The molecule has 1 unspecified atom stereocenters. The summed E-state index contributed by atoms with van der Waals surface area (Å²) >= 11 is 7.60. The van der Waals surface area contributed by atoms with Crippen LogP contribution in [0.2, 0.25) is 5.02 Å². The molecular weight excluding hydrogens is 334 g/mol. The van der Waals surface area contributed by atoms with Gasteiger partial charge in [0, 0.05) is 23.7 Å². The van der Waals surface area contributed by atoms with Crippen LogP contribution >= 0.6 is 22.9 Å². The molecular formula is C16H16ClN3O2S. The second-order valence-corrected chi connectivity index (χ2v) is 6.97. The zero-order valence-corrected chi connectivity index (χ0v) is 14.4. The van der Waals surface area contributed by atoms with Crippen LogP contribution in [0, 0.1) is 13.8 Å². The summed E-state index contributed by atoms with van der Waals surface area (Å²) in [7, 11) is 0. The molecule has 0 spiro atoms. The van der Waals surface area contributed by atoms with E-state index in [9.17, 15) is 9.59 Å². The van der Waals surface area contributed by atoms with E-state index in [4.69, 9.17) is 11.6 Å². The van der Waals surface area contributed by atoms with Crippen molar-refractivity contribution in [3.05, 3.63) is 50.4 Å². The SMILES string of the molecule is Cc1nc(C)c(C(=O)N2CCNC(=O)C2c2ccccc2Cl)s1. The minimum atomic E-state index is -0.716. The van der Waals surface area contributed by atoms with Gasteiger partial charge >= 0.3 is 0 Å². The van der Waals surface area contributed by atoms with Crippen molar-refractivity contribution in [1.29, 1.82) is 0 Å². The number of benzene rings is 1. The Bertz CT molecular complexity index is 774. The molecule has 1 aliphatic rings. The first-order valence-electron chi connectivity index (χ1n) is 7.26. The van der Waals surface area contributed by atoms with E-state index in [0.717, 1.165) is 5.01 Å². The van der Waals surface area contributed by atoms with Crippen molar-refractivity contribution in [3.8, 4) is 0 Å². The predicted octanol–water partition coefficient (Wildman–Crippen LogP) is 2.73. The van der Waals surface area contributed by atoms with Crippen molar-refractivity contribution in [1.82, 2.24) is 15.2 Å². The number of rotatable bonds is 2. The van der Waals surface area contributed by atoms with Crippen molar-refractivity contribution in [2.75, 3.05) is 13.1 Å². The van der Waals surface area contributed by atoms with Crippen molar-refractivity contribution in [2.24, 2.45) is 0 Å². The first kappa shape index (κ1) is 16.0. The molecule has 1 aromatic carbocycles. The fraction of sp³-hybridized carbons (Fsp3) is 0.312. The highest BCUT2D eigenvalue weighted by Crippen LogP contribution is 2.31. The second-order valence-electron chi connectivity index (χ2n) is 5.36. The van der Waals surface area contributed by atoms with Crippen LogP contribution < -0.4 is 5.32 Å². The lowest BCUT2D eigenvalue weighted by Crippen LogP contribution is -2.52. The molecule has 120 valence electrons. The summed E-state index contributed by atoms with van der Waals surface area (Å²) in [4.78, 5) is 31.8. The van der Waals surface area contributed by atoms with E-state index in [-0.39, 0.29) is 11.8 Å². The van der Waals surface area contributed by atoms with E-state index in [1.54, 1.807) is 23.1 Å². The van der Waals surface area contributed by atoms with Gasteiger partial charge in [0.25, 0.3) is 5.91 Å². The first-order valence-corrected chi connectivity index (χ1v) is 8.45. The van der Waals surface area contributed by atoms with Crippen LogP contribution in [-0.4, -0.2) is 34.8 Å². The molecule has 5 nitrogen and oxygen atoms in total. The maximum Gasteiger partial charge on any atom is 0.266 e. The lowest BCUT2D eigenvalue weighted by molar-refractivity contribution is -0.128. The molecule has 1 atom stereocenters. The van der Waals surface area contributed by atoms with Crippen molar-refractivity contribution < 1.29 is 9.59 Å². The molecule has 0 radical (unpaired) electrons. The number of hydrogen-bond acceptors (Lipinski definition) is 4.